The molecule has 0 aliphatic heterocycles. The molecule has 0 aromatic heterocycles. The molecule has 0 aromatic rings. The molecule has 5 heteroatoms. The highest BCUT2D eigenvalue weighted by atomic mass is 16.2. The summed E-state index contributed by atoms with van der Waals surface area (Å²) in [5, 5.41) is 2.57. The van der Waals surface area contributed by atoms with Crippen LogP contribution in [0.1, 0.15) is 27.2 Å². The van der Waals surface area contributed by atoms with E-state index in [1.807, 2.05) is 25.7 Å². The van der Waals surface area contributed by atoms with Crippen molar-refractivity contribution in [3.8, 4) is 0 Å². The van der Waals surface area contributed by atoms with Crippen molar-refractivity contribution in [2.75, 3.05) is 33.7 Å². The smallest absolute Gasteiger partial charge is 0.236 e. The normalized spacial score (nSPS) is 10.8. The minimum atomic E-state index is -0.0570. The van der Waals surface area contributed by atoms with Crippen molar-refractivity contribution in [2.45, 2.75) is 33.2 Å². The van der Waals surface area contributed by atoms with Crippen LogP contribution in [-0.4, -0.2) is 61.4 Å². The van der Waals surface area contributed by atoms with Gasteiger partial charge >= 0.3 is 0 Å². The minimum Gasteiger partial charge on any atom is -0.358 e. The van der Waals surface area contributed by atoms with Crippen LogP contribution in [0.2, 0.25) is 0 Å². The summed E-state index contributed by atoms with van der Waals surface area (Å²) in [5.74, 6) is -0.00389. The first-order valence-electron chi connectivity index (χ1n) is 6.10. The lowest BCUT2D eigenvalue weighted by Crippen LogP contribution is -2.44. The second-order valence-corrected chi connectivity index (χ2v) is 4.48. The molecule has 0 rings (SSSR count). The topological polar surface area (TPSA) is 52.7 Å². The van der Waals surface area contributed by atoms with Crippen molar-refractivity contribution in [2.24, 2.45) is 0 Å². The van der Waals surface area contributed by atoms with Crippen LogP contribution in [0.5, 0.6) is 0 Å². The second kappa shape index (κ2) is 8.06. The van der Waals surface area contributed by atoms with E-state index in [1.54, 1.807) is 19.0 Å². The molecule has 100 valence electrons. The van der Waals surface area contributed by atoms with Crippen LogP contribution < -0.4 is 5.32 Å². The predicted molar refractivity (Wildman–Crippen MR) is 68.7 cm³/mol. The van der Waals surface area contributed by atoms with Gasteiger partial charge in [-0.25, -0.2) is 0 Å². The fourth-order valence-corrected chi connectivity index (χ4v) is 1.40. The van der Waals surface area contributed by atoms with E-state index < -0.39 is 0 Å². The van der Waals surface area contributed by atoms with E-state index in [0.29, 0.717) is 6.54 Å². The average Bonchev–Trinajstić information content (AvgIpc) is 2.27. The summed E-state index contributed by atoms with van der Waals surface area (Å²) >= 11 is 0. The molecule has 0 saturated heterocycles. The Morgan fingerprint density at radius 2 is 1.82 bits per heavy atom. The molecule has 0 spiro atoms. The van der Waals surface area contributed by atoms with Gasteiger partial charge in [-0.05, 0) is 26.8 Å². The van der Waals surface area contributed by atoms with Crippen LogP contribution in [0.4, 0.5) is 0 Å². The highest BCUT2D eigenvalue weighted by molar-refractivity contribution is 5.81. The van der Waals surface area contributed by atoms with Gasteiger partial charge in [0, 0.05) is 20.1 Å². The third-order valence-corrected chi connectivity index (χ3v) is 2.71. The van der Waals surface area contributed by atoms with Crippen molar-refractivity contribution in [1.29, 1.82) is 0 Å². The maximum Gasteiger partial charge on any atom is 0.236 e. The predicted octanol–water partition coefficient (Wildman–Crippen LogP) is 0.311. The summed E-state index contributed by atoms with van der Waals surface area (Å²) in [6.45, 7) is 7.32. The van der Waals surface area contributed by atoms with Crippen LogP contribution in [0.15, 0.2) is 0 Å². The first-order chi connectivity index (χ1) is 7.92. The van der Waals surface area contributed by atoms with Gasteiger partial charge < -0.3 is 10.2 Å². The highest BCUT2D eigenvalue weighted by Crippen LogP contribution is 1.98. The third-order valence-electron chi connectivity index (χ3n) is 2.71. The number of carbonyl (C=O) groups is 2. The Bertz CT molecular complexity index is 254. The molecule has 0 aliphatic rings. The Hall–Kier alpha value is -1.10. The number of likely N-dealkylation sites (N-methyl/N-ethyl adjacent to an activating group) is 2. The summed E-state index contributed by atoms with van der Waals surface area (Å²) in [6.07, 6.45) is 0.926. The lowest BCUT2D eigenvalue weighted by atomic mass is 10.3. The van der Waals surface area contributed by atoms with Crippen molar-refractivity contribution >= 4 is 11.8 Å². The maximum absolute atomic E-state index is 11.9. The van der Waals surface area contributed by atoms with E-state index in [4.69, 9.17) is 0 Å². The third kappa shape index (κ3) is 6.26. The van der Waals surface area contributed by atoms with E-state index in [0.717, 1.165) is 13.0 Å². The number of carbonyl (C=O) groups excluding carboxylic acids is 2. The van der Waals surface area contributed by atoms with Gasteiger partial charge in [0.2, 0.25) is 11.8 Å². The Balaban J connectivity index is 4.33. The first-order valence-corrected chi connectivity index (χ1v) is 6.10. The van der Waals surface area contributed by atoms with Crippen LogP contribution in [0.3, 0.4) is 0 Å². The number of hydrogen-bond donors (Lipinski definition) is 1. The van der Waals surface area contributed by atoms with Crippen molar-refractivity contribution < 1.29 is 9.59 Å². The number of nitrogens with zero attached hydrogens (tertiary/aromatic N) is 2. The van der Waals surface area contributed by atoms with E-state index in [2.05, 4.69) is 5.32 Å². The molecule has 0 aromatic carbocycles. The van der Waals surface area contributed by atoms with Crippen molar-refractivity contribution in [3.63, 3.8) is 0 Å². The zero-order valence-corrected chi connectivity index (χ0v) is 11.6. The van der Waals surface area contributed by atoms with Crippen molar-refractivity contribution in [1.82, 2.24) is 15.1 Å². The van der Waals surface area contributed by atoms with E-state index in [9.17, 15) is 9.59 Å². The summed E-state index contributed by atoms with van der Waals surface area (Å²) in [4.78, 5) is 26.8. The monoisotopic (exact) mass is 243 g/mol. The van der Waals surface area contributed by atoms with Gasteiger partial charge in [0.15, 0.2) is 0 Å². The molecule has 5 nitrogen and oxygen atoms in total. The highest BCUT2D eigenvalue weighted by Gasteiger charge is 2.17. The number of amides is 2. The first kappa shape index (κ1) is 15.9. The molecule has 1 N–H and O–H groups in total. The second-order valence-electron chi connectivity index (χ2n) is 4.48. The van der Waals surface area contributed by atoms with Crippen LogP contribution >= 0.6 is 0 Å². The molecule has 0 heterocycles. The molecule has 0 saturated carbocycles. The summed E-state index contributed by atoms with van der Waals surface area (Å²) in [5.41, 5.74) is 0. The van der Waals surface area contributed by atoms with E-state index >= 15 is 0 Å². The molecule has 0 fully saturated rings. The van der Waals surface area contributed by atoms with Gasteiger partial charge in [-0.1, -0.05) is 6.92 Å². The molecular weight excluding hydrogens is 218 g/mol. The SMILES string of the molecule is CCCN(CC(=O)NC)CC(=O)N(C)C(C)C. The number of nitrogens with one attached hydrogen (secondary N) is 1. The lowest BCUT2D eigenvalue weighted by molar-refractivity contribution is -0.133. The van der Waals surface area contributed by atoms with Gasteiger partial charge in [-0.15, -0.1) is 0 Å². The molecule has 0 radical (unpaired) electrons. The summed E-state index contributed by atoms with van der Waals surface area (Å²) in [6, 6.07) is 0.186. The molecule has 0 aliphatic carbocycles. The van der Waals surface area contributed by atoms with Gasteiger partial charge in [-0.2, -0.15) is 0 Å². The van der Waals surface area contributed by atoms with Gasteiger partial charge in [0.25, 0.3) is 0 Å². The quantitative estimate of drug-likeness (QED) is 0.700. The molecule has 17 heavy (non-hydrogen) atoms. The standard InChI is InChI=1S/C12H25N3O2/c1-6-7-15(8-11(16)13-4)9-12(17)14(5)10(2)3/h10H,6-9H2,1-5H3,(H,13,16). The average molecular weight is 243 g/mol. The number of hydrogen-bond acceptors (Lipinski definition) is 3. The zero-order valence-electron chi connectivity index (χ0n) is 11.6. The minimum absolute atomic E-state index is 0.0531. The molecule has 0 bridgehead atoms. The lowest BCUT2D eigenvalue weighted by Gasteiger charge is -2.26. The van der Waals surface area contributed by atoms with E-state index in [-0.39, 0.29) is 24.4 Å². The molecule has 2 amide bonds. The summed E-state index contributed by atoms with van der Waals surface area (Å²) in [7, 11) is 3.39. The van der Waals surface area contributed by atoms with Crippen molar-refractivity contribution in [3.05, 3.63) is 0 Å². The Morgan fingerprint density at radius 1 is 1.24 bits per heavy atom. The fraction of sp³-hybridized carbons (Fsp3) is 0.833. The van der Waals surface area contributed by atoms with Crippen LogP contribution in [0.25, 0.3) is 0 Å². The maximum atomic E-state index is 11.9. The largest absolute Gasteiger partial charge is 0.358 e. The molecule has 0 unspecified atom stereocenters. The Morgan fingerprint density at radius 3 is 2.24 bits per heavy atom. The van der Waals surface area contributed by atoms with Crippen LogP contribution in [-0.2, 0) is 9.59 Å². The Kier molecular flexibility index (Phi) is 7.54. The Labute approximate surface area is 104 Å². The zero-order chi connectivity index (χ0) is 13.4. The molecule has 0 atom stereocenters. The number of rotatable bonds is 7. The molecular formula is C12H25N3O2. The van der Waals surface area contributed by atoms with Gasteiger partial charge in [0.05, 0.1) is 13.1 Å². The van der Waals surface area contributed by atoms with E-state index in [1.165, 1.54) is 0 Å². The van der Waals surface area contributed by atoms with Gasteiger partial charge in [-0.3, -0.25) is 14.5 Å². The fourth-order valence-electron chi connectivity index (χ4n) is 1.40. The van der Waals surface area contributed by atoms with Crippen LogP contribution in [0, 0.1) is 0 Å². The summed E-state index contributed by atoms with van der Waals surface area (Å²) < 4.78 is 0. The van der Waals surface area contributed by atoms with Gasteiger partial charge in [0.1, 0.15) is 0 Å².